The van der Waals surface area contributed by atoms with Crippen molar-refractivity contribution < 1.29 is 17.6 Å². The molecule has 0 bridgehead atoms. The van der Waals surface area contributed by atoms with E-state index in [4.69, 9.17) is 32.8 Å². The second-order valence-electron chi connectivity index (χ2n) is 6.49. The summed E-state index contributed by atoms with van der Waals surface area (Å²) in [4.78, 5) is 14.3. The van der Waals surface area contributed by atoms with E-state index < -0.39 is 10.0 Å². The Hall–Kier alpha value is -2.32. The zero-order valence-corrected chi connectivity index (χ0v) is 17.9. The van der Waals surface area contributed by atoms with Crippen LogP contribution in [0.3, 0.4) is 0 Å². The van der Waals surface area contributed by atoms with Gasteiger partial charge in [-0.3, -0.25) is 4.79 Å². The predicted octanol–water partition coefficient (Wildman–Crippen LogP) is 4.73. The molecule has 0 aliphatic carbocycles. The van der Waals surface area contributed by atoms with Crippen LogP contribution < -0.4 is 5.14 Å². The van der Waals surface area contributed by atoms with E-state index in [0.29, 0.717) is 21.4 Å². The van der Waals surface area contributed by atoms with Crippen molar-refractivity contribution in [1.29, 1.82) is 0 Å². The van der Waals surface area contributed by atoms with Crippen LogP contribution in [0.25, 0.3) is 11.3 Å². The van der Waals surface area contributed by atoms with E-state index in [1.165, 1.54) is 17.0 Å². The highest BCUT2D eigenvalue weighted by atomic mass is 35.5. The van der Waals surface area contributed by atoms with Crippen molar-refractivity contribution in [3.8, 4) is 11.3 Å². The quantitative estimate of drug-likeness (QED) is 0.604. The third-order valence-corrected chi connectivity index (χ3v) is 6.10. The number of halogens is 2. The molecule has 0 saturated carbocycles. The van der Waals surface area contributed by atoms with Crippen LogP contribution in [0.4, 0.5) is 0 Å². The number of carbonyl (C=O) groups is 1. The summed E-state index contributed by atoms with van der Waals surface area (Å²) >= 11 is 12.2. The maximum absolute atomic E-state index is 12.8. The molecule has 29 heavy (non-hydrogen) atoms. The van der Waals surface area contributed by atoms with Crippen molar-refractivity contribution in [2.24, 2.45) is 5.14 Å². The van der Waals surface area contributed by atoms with Gasteiger partial charge in [0.25, 0.3) is 5.91 Å². The number of rotatable bonds is 5. The summed E-state index contributed by atoms with van der Waals surface area (Å²) < 4.78 is 28.5. The normalized spacial score (nSPS) is 12.6. The molecule has 152 valence electrons. The largest absolute Gasteiger partial charge is 0.451 e. The summed E-state index contributed by atoms with van der Waals surface area (Å²) in [5.41, 5.74) is 1.34. The van der Waals surface area contributed by atoms with Crippen LogP contribution in [0.5, 0.6) is 0 Å². The number of nitrogens with two attached hydrogens (primary N) is 1. The van der Waals surface area contributed by atoms with Gasteiger partial charge in [-0.25, -0.2) is 13.6 Å². The average Bonchev–Trinajstić information content (AvgIpc) is 3.17. The van der Waals surface area contributed by atoms with Gasteiger partial charge in [0.1, 0.15) is 5.76 Å². The molecule has 0 fully saturated rings. The lowest BCUT2D eigenvalue weighted by Crippen LogP contribution is -2.29. The number of hydrogen-bond acceptors (Lipinski definition) is 4. The first-order chi connectivity index (χ1) is 13.6. The maximum atomic E-state index is 12.8. The van der Waals surface area contributed by atoms with Crippen LogP contribution in [-0.2, 0) is 10.0 Å². The van der Waals surface area contributed by atoms with Gasteiger partial charge in [-0.05, 0) is 55.0 Å². The van der Waals surface area contributed by atoms with Gasteiger partial charge < -0.3 is 9.32 Å². The van der Waals surface area contributed by atoms with Crippen LogP contribution >= 0.6 is 23.2 Å². The first-order valence-electron chi connectivity index (χ1n) is 8.53. The van der Waals surface area contributed by atoms with E-state index in [1.807, 2.05) is 6.92 Å². The molecule has 1 atom stereocenters. The minimum absolute atomic E-state index is 0.0107. The molecule has 6 nitrogen and oxygen atoms in total. The second-order valence-corrected chi connectivity index (χ2v) is 8.90. The van der Waals surface area contributed by atoms with Crippen LogP contribution in [0.15, 0.2) is 63.9 Å². The van der Waals surface area contributed by atoms with E-state index in [0.717, 1.165) is 5.56 Å². The highest BCUT2D eigenvalue weighted by Crippen LogP contribution is 2.32. The van der Waals surface area contributed by atoms with Crippen molar-refractivity contribution in [2.75, 3.05) is 7.05 Å². The monoisotopic (exact) mass is 452 g/mol. The summed E-state index contributed by atoms with van der Waals surface area (Å²) in [6.45, 7) is 1.82. The number of nitrogens with zero attached hydrogens (tertiary/aromatic N) is 1. The zero-order chi connectivity index (χ0) is 21.3. The maximum Gasteiger partial charge on any atom is 0.289 e. The lowest BCUT2D eigenvalue weighted by Gasteiger charge is -2.24. The molecule has 1 aromatic heterocycles. The Kier molecular flexibility index (Phi) is 6.05. The smallest absolute Gasteiger partial charge is 0.289 e. The van der Waals surface area contributed by atoms with Crippen molar-refractivity contribution in [3.63, 3.8) is 0 Å². The van der Waals surface area contributed by atoms with Gasteiger partial charge in [-0.15, -0.1) is 0 Å². The molecule has 2 aromatic carbocycles. The fraction of sp³-hybridized carbons (Fsp3) is 0.150. The van der Waals surface area contributed by atoms with Crippen LogP contribution in [0, 0.1) is 0 Å². The third kappa shape index (κ3) is 4.64. The molecule has 0 saturated heterocycles. The summed E-state index contributed by atoms with van der Waals surface area (Å²) in [5.74, 6) is 0.239. The van der Waals surface area contributed by atoms with Crippen molar-refractivity contribution >= 4 is 39.1 Å². The van der Waals surface area contributed by atoms with Crippen LogP contribution in [0.2, 0.25) is 10.0 Å². The Morgan fingerprint density at radius 1 is 1.07 bits per heavy atom. The van der Waals surface area contributed by atoms with Crippen molar-refractivity contribution in [3.05, 3.63) is 76.0 Å². The number of benzene rings is 2. The highest BCUT2D eigenvalue weighted by molar-refractivity contribution is 7.89. The molecule has 1 heterocycles. The molecular formula is C20H18Cl2N2O4S. The fourth-order valence-electron chi connectivity index (χ4n) is 2.79. The van der Waals surface area contributed by atoms with Gasteiger partial charge in [0.15, 0.2) is 5.76 Å². The first kappa shape index (κ1) is 21.4. The fourth-order valence-corrected chi connectivity index (χ4v) is 3.69. The van der Waals surface area contributed by atoms with E-state index in [2.05, 4.69) is 0 Å². The van der Waals surface area contributed by atoms with Gasteiger partial charge in [-0.2, -0.15) is 0 Å². The Morgan fingerprint density at radius 3 is 2.34 bits per heavy atom. The summed E-state index contributed by atoms with van der Waals surface area (Å²) in [6, 6.07) is 13.9. The molecule has 0 radical (unpaired) electrons. The molecule has 0 unspecified atom stereocenters. The van der Waals surface area contributed by atoms with E-state index in [1.54, 1.807) is 49.5 Å². The van der Waals surface area contributed by atoms with E-state index >= 15 is 0 Å². The average molecular weight is 453 g/mol. The van der Waals surface area contributed by atoms with E-state index in [-0.39, 0.29) is 22.6 Å². The molecule has 0 aliphatic rings. The topological polar surface area (TPSA) is 93.6 Å². The van der Waals surface area contributed by atoms with Gasteiger partial charge in [0.2, 0.25) is 10.0 Å². The number of amides is 1. The lowest BCUT2D eigenvalue weighted by molar-refractivity contribution is 0.0711. The van der Waals surface area contributed by atoms with Gasteiger partial charge >= 0.3 is 0 Å². The lowest BCUT2D eigenvalue weighted by atomic mass is 10.1. The molecule has 1 amide bonds. The molecule has 0 spiro atoms. The first-order valence-corrected chi connectivity index (χ1v) is 10.8. The van der Waals surface area contributed by atoms with E-state index in [9.17, 15) is 13.2 Å². The Bertz CT molecular complexity index is 1160. The minimum Gasteiger partial charge on any atom is -0.451 e. The van der Waals surface area contributed by atoms with Crippen molar-refractivity contribution in [2.45, 2.75) is 17.9 Å². The zero-order valence-electron chi connectivity index (χ0n) is 15.6. The Balaban J connectivity index is 1.81. The molecular weight excluding hydrogens is 435 g/mol. The van der Waals surface area contributed by atoms with Gasteiger partial charge in [-0.1, -0.05) is 35.3 Å². The number of primary sulfonamides is 1. The molecule has 0 aliphatic heterocycles. The molecule has 2 N–H and O–H groups in total. The predicted molar refractivity (Wildman–Crippen MR) is 112 cm³/mol. The van der Waals surface area contributed by atoms with Crippen molar-refractivity contribution in [1.82, 2.24) is 4.90 Å². The Morgan fingerprint density at radius 2 is 1.72 bits per heavy atom. The number of carbonyl (C=O) groups excluding carboxylic acids is 1. The summed E-state index contributed by atoms with van der Waals surface area (Å²) in [6.07, 6.45) is 0. The van der Waals surface area contributed by atoms with Crippen LogP contribution in [0.1, 0.15) is 29.1 Å². The second kappa shape index (κ2) is 8.20. The molecule has 3 rings (SSSR count). The standard InChI is InChI=1S/C20H18Cl2N2O4S/c1-12(13-3-6-15(7-4-13)29(23,26)27)24(2)20(25)19-10-9-18(28-19)16-11-14(21)5-8-17(16)22/h3-12H,1-2H3,(H2,23,26,27)/t12-/m1/s1. The molecule has 3 aromatic rings. The Labute approximate surface area is 178 Å². The third-order valence-electron chi connectivity index (χ3n) is 4.60. The SMILES string of the molecule is C[C@H](c1ccc(S(N)(=O)=O)cc1)N(C)C(=O)c1ccc(-c2cc(Cl)ccc2Cl)o1. The highest BCUT2D eigenvalue weighted by Gasteiger charge is 2.23. The van der Waals surface area contributed by atoms with Gasteiger partial charge in [0, 0.05) is 17.6 Å². The number of furan rings is 1. The van der Waals surface area contributed by atoms with Crippen LogP contribution in [-0.4, -0.2) is 26.3 Å². The van der Waals surface area contributed by atoms with Gasteiger partial charge in [0.05, 0.1) is 16.0 Å². The summed E-state index contributed by atoms with van der Waals surface area (Å²) in [7, 11) is -2.14. The summed E-state index contributed by atoms with van der Waals surface area (Å²) in [5, 5.41) is 6.07. The number of hydrogen-bond donors (Lipinski definition) is 1. The minimum atomic E-state index is -3.77. The number of sulfonamides is 1. The molecule has 9 heteroatoms.